The number of rotatable bonds is 6. The molecule has 1 amide bonds. The van der Waals surface area contributed by atoms with E-state index in [9.17, 15) is 4.79 Å². The van der Waals surface area contributed by atoms with E-state index in [1.165, 1.54) is 6.08 Å². The molecular formula is C18H16Cl2N2O. The fourth-order valence-corrected chi connectivity index (χ4v) is 2.17. The predicted molar refractivity (Wildman–Crippen MR) is 95.6 cm³/mol. The van der Waals surface area contributed by atoms with E-state index in [4.69, 9.17) is 23.2 Å². The normalized spacial score (nSPS) is 11.2. The topological polar surface area (TPSA) is 42.0 Å². The molecule has 23 heavy (non-hydrogen) atoms. The number of benzene rings is 1. The molecule has 0 aliphatic carbocycles. The monoisotopic (exact) mass is 346 g/mol. The van der Waals surface area contributed by atoms with Crippen molar-refractivity contribution in [2.24, 2.45) is 0 Å². The maximum absolute atomic E-state index is 11.7. The van der Waals surface area contributed by atoms with E-state index in [-0.39, 0.29) is 5.91 Å². The van der Waals surface area contributed by atoms with E-state index < -0.39 is 0 Å². The van der Waals surface area contributed by atoms with Crippen LogP contribution in [0.15, 0.2) is 61.0 Å². The number of halogens is 2. The number of pyridine rings is 1. The molecule has 0 saturated carbocycles. The first-order valence-corrected chi connectivity index (χ1v) is 7.87. The maximum Gasteiger partial charge on any atom is 0.243 e. The number of carbonyl (C=O) groups is 1. The van der Waals surface area contributed by atoms with Crippen molar-refractivity contribution in [1.82, 2.24) is 10.3 Å². The fourth-order valence-electron chi connectivity index (χ4n) is 1.86. The second kappa shape index (κ2) is 9.13. The Labute approximate surface area is 145 Å². The van der Waals surface area contributed by atoms with Gasteiger partial charge >= 0.3 is 0 Å². The maximum atomic E-state index is 11.7. The number of amides is 1. The molecule has 0 radical (unpaired) electrons. The highest BCUT2D eigenvalue weighted by Gasteiger charge is 1.97. The first kappa shape index (κ1) is 17.3. The van der Waals surface area contributed by atoms with Crippen molar-refractivity contribution in [2.45, 2.75) is 6.42 Å². The Bertz CT molecular complexity index is 712. The molecule has 1 aromatic carbocycles. The largest absolute Gasteiger partial charge is 0.352 e. The van der Waals surface area contributed by atoms with Crippen molar-refractivity contribution in [1.29, 1.82) is 0 Å². The van der Waals surface area contributed by atoms with Crippen molar-refractivity contribution in [2.75, 3.05) is 6.54 Å². The minimum Gasteiger partial charge on any atom is -0.352 e. The molecule has 3 nitrogen and oxygen atoms in total. The van der Waals surface area contributed by atoms with Crippen LogP contribution in [-0.2, 0) is 11.2 Å². The average Bonchev–Trinajstić information content (AvgIpc) is 2.56. The number of nitrogens with zero attached hydrogens (tertiary/aromatic N) is 1. The van der Waals surface area contributed by atoms with Crippen LogP contribution in [-0.4, -0.2) is 17.4 Å². The van der Waals surface area contributed by atoms with Gasteiger partial charge in [0.05, 0.1) is 10.0 Å². The summed E-state index contributed by atoms with van der Waals surface area (Å²) in [6.07, 6.45) is 11.1. The van der Waals surface area contributed by atoms with E-state index in [0.29, 0.717) is 16.6 Å². The van der Waals surface area contributed by atoms with Crippen molar-refractivity contribution in [3.8, 4) is 0 Å². The van der Waals surface area contributed by atoms with E-state index in [1.807, 2.05) is 24.3 Å². The van der Waals surface area contributed by atoms with Crippen LogP contribution in [0.1, 0.15) is 11.1 Å². The lowest BCUT2D eigenvalue weighted by molar-refractivity contribution is -0.116. The number of aromatic nitrogens is 1. The molecule has 0 aliphatic rings. The lowest BCUT2D eigenvalue weighted by atomic mass is 10.2. The minimum absolute atomic E-state index is 0.127. The van der Waals surface area contributed by atoms with Gasteiger partial charge in [-0.3, -0.25) is 9.78 Å². The summed E-state index contributed by atoms with van der Waals surface area (Å²) in [4.78, 5) is 15.6. The fraction of sp³-hybridized carbons (Fsp3) is 0.111. The number of carbonyl (C=O) groups excluding carboxylic acids is 1. The van der Waals surface area contributed by atoms with Crippen molar-refractivity contribution in [3.63, 3.8) is 0 Å². The van der Waals surface area contributed by atoms with Gasteiger partial charge in [-0.15, -0.1) is 0 Å². The predicted octanol–water partition coefficient (Wildman–Crippen LogP) is 4.32. The molecule has 1 N–H and O–H groups in total. The van der Waals surface area contributed by atoms with Gasteiger partial charge in [-0.05, 0) is 41.8 Å². The van der Waals surface area contributed by atoms with Gasteiger partial charge in [-0.2, -0.15) is 0 Å². The highest BCUT2D eigenvalue weighted by Crippen LogP contribution is 2.23. The van der Waals surface area contributed by atoms with Crippen molar-refractivity contribution in [3.05, 3.63) is 82.1 Å². The van der Waals surface area contributed by atoms with E-state index in [0.717, 1.165) is 17.5 Å². The van der Waals surface area contributed by atoms with E-state index >= 15 is 0 Å². The van der Waals surface area contributed by atoms with Gasteiger partial charge in [-0.25, -0.2) is 0 Å². The SMILES string of the molecule is O=C(/C=C/C=C/c1ccc(Cl)c(Cl)c1)NCCc1ccncc1. The van der Waals surface area contributed by atoms with Crippen molar-refractivity contribution >= 4 is 35.2 Å². The molecule has 2 aromatic rings. The number of allylic oxidation sites excluding steroid dienone is 2. The standard InChI is InChI=1S/C18H16Cl2N2O/c19-16-6-5-15(13-17(16)20)3-1-2-4-18(23)22-12-9-14-7-10-21-11-8-14/h1-8,10-11,13H,9,12H2,(H,22,23)/b3-1+,4-2+. The summed E-state index contributed by atoms with van der Waals surface area (Å²) < 4.78 is 0. The lowest BCUT2D eigenvalue weighted by Gasteiger charge is -2.01. The smallest absolute Gasteiger partial charge is 0.243 e. The number of hydrogen-bond donors (Lipinski definition) is 1. The van der Waals surface area contributed by atoms with Crippen LogP contribution < -0.4 is 5.32 Å². The van der Waals surface area contributed by atoms with Gasteiger partial charge in [-0.1, -0.05) is 47.5 Å². The Morgan fingerprint density at radius 2 is 1.87 bits per heavy atom. The third kappa shape index (κ3) is 6.27. The second-order valence-corrected chi connectivity index (χ2v) is 5.60. The average molecular weight is 347 g/mol. The van der Waals surface area contributed by atoms with Crippen LogP contribution in [0.5, 0.6) is 0 Å². The zero-order chi connectivity index (χ0) is 16.5. The summed E-state index contributed by atoms with van der Waals surface area (Å²) in [5.41, 5.74) is 2.06. The van der Waals surface area contributed by atoms with Gasteiger partial charge in [0.25, 0.3) is 0 Å². The van der Waals surface area contributed by atoms with E-state index in [2.05, 4.69) is 10.3 Å². The Hall–Kier alpha value is -2.10. The summed E-state index contributed by atoms with van der Waals surface area (Å²) in [7, 11) is 0. The van der Waals surface area contributed by atoms with Crippen LogP contribution >= 0.6 is 23.2 Å². The van der Waals surface area contributed by atoms with Gasteiger partial charge in [0.2, 0.25) is 5.91 Å². The van der Waals surface area contributed by atoms with Crippen LogP contribution in [0.2, 0.25) is 10.0 Å². The summed E-state index contributed by atoms with van der Waals surface area (Å²) >= 11 is 11.8. The Balaban J connectivity index is 1.75. The molecule has 118 valence electrons. The molecular weight excluding hydrogens is 331 g/mol. The first-order chi connectivity index (χ1) is 11.1. The second-order valence-electron chi connectivity index (χ2n) is 4.79. The zero-order valence-electron chi connectivity index (χ0n) is 12.4. The first-order valence-electron chi connectivity index (χ1n) is 7.11. The molecule has 0 spiro atoms. The van der Waals surface area contributed by atoms with Crippen LogP contribution in [0.4, 0.5) is 0 Å². The molecule has 0 atom stereocenters. The van der Waals surface area contributed by atoms with E-state index in [1.54, 1.807) is 36.7 Å². The molecule has 2 rings (SSSR count). The Kier molecular flexibility index (Phi) is 6.85. The van der Waals surface area contributed by atoms with Gasteiger partial charge in [0.1, 0.15) is 0 Å². The highest BCUT2D eigenvalue weighted by atomic mass is 35.5. The summed E-state index contributed by atoms with van der Waals surface area (Å²) in [6, 6.07) is 9.22. The lowest BCUT2D eigenvalue weighted by Crippen LogP contribution is -2.23. The van der Waals surface area contributed by atoms with Gasteiger partial charge in [0.15, 0.2) is 0 Å². The van der Waals surface area contributed by atoms with Crippen molar-refractivity contribution < 1.29 is 4.79 Å². The summed E-state index contributed by atoms with van der Waals surface area (Å²) in [5, 5.41) is 3.86. The zero-order valence-corrected chi connectivity index (χ0v) is 13.9. The number of nitrogens with one attached hydrogen (secondary N) is 1. The molecule has 1 heterocycles. The van der Waals surface area contributed by atoms with Crippen LogP contribution in [0.25, 0.3) is 6.08 Å². The minimum atomic E-state index is -0.127. The molecule has 0 bridgehead atoms. The van der Waals surface area contributed by atoms with Gasteiger partial charge < -0.3 is 5.32 Å². The van der Waals surface area contributed by atoms with Crippen LogP contribution in [0.3, 0.4) is 0 Å². The third-order valence-corrected chi connectivity index (χ3v) is 3.79. The molecule has 1 aromatic heterocycles. The third-order valence-electron chi connectivity index (χ3n) is 3.05. The quantitative estimate of drug-likeness (QED) is 0.625. The number of hydrogen-bond acceptors (Lipinski definition) is 2. The summed E-state index contributed by atoms with van der Waals surface area (Å²) in [5.74, 6) is -0.127. The molecule has 0 unspecified atom stereocenters. The van der Waals surface area contributed by atoms with Crippen LogP contribution in [0, 0.1) is 0 Å². The Morgan fingerprint density at radius 1 is 1.09 bits per heavy atom. The van der Waals surface area contributed by atoms with Gasteiger partial charge in [0, 0.05) is 25.0 Å². The molecule has 0 fully saturated rings. The molecule has 5 heteroatoms. The summed E-state index contributed by atoms with van der Waals surface area (Å²) in [6.45, 7) is 0.587. The molecule has 0 saturated heterocycles. The highest BCUT2D eigenvalue weighted by molar-refractivity contribution is 6.42. The molecule has 0 aliphatic heterocycles. The Morgan fingerprint density at radius 3 is 2.61 bits per heavy atom.